The van der Waals surface area contributed by atoms with E-state index >= 15 is 0 Å². The number of carbonyl (C=O) groups excluding carboxylic acids is 2. The number of carboxylic acid groups (broad SMARTS) is 1. The van der Waals surface area contributed by atoms with E-state index in [-0.39, 0.29) is 24.6 Å². The lowest BCUT2D eigenvalue weighted by atomic mass is 10.0. The maximum absolute atomic E-state index is 12.3. The van der Waals surface area contributed by atoms with E-state index in [1.54, 1.807) is 48.7 Å². The summed E-state index contributed by atoms with van der Waals surface area (Å²) in [6.07, 6.45) is 8.91. The normalized spacial score (nSPS) is 12.8. The number of allylic oxidation sites excluding steroid dienone is 2. The molecule has 0 saturated carbocycles. The van der Waals surface area contributed by atoms with Crippen molar-refractivity contribution in [3.05, 3.63) is 95.5 Å². The van der Waals surface area contributed by atoms with E-state index in [0.29, 0.717) is 47.0 Å². The third-order valence-electron chi connectivity index (χ3n) is 5.61. The Morgan fingerprint density at radius 2 is 1.92 bits per heavy atom. The molecular formula is C28H27N5O6. The molecule has 2 aromatic carbocycles. The number of hydrogen-bond donors (Lipinski definition) is 3. The monoisotopic (exact) mass is 529 g/mol. The van der Waals surface area contributed by atoms with Gasteiger partial charge in [0.1, 0.15) is 18.8 Å². The number of carboxylic acids is 1. The van der Waals surface area contributed by atoms with Gasteiger partial charge in [0, 0.05) is 17.5 Å². The summed E-state index contributed by atoms with van der Waals surface area (Å²) < 4.78 is 12.7. The van der Waals surface area contributed by atoms with Gasteiger partial charge in [-0.3, -0.25) is 9.59 Å². The molecule has 39 heavy (non-hydrogen) atoms. The van der Waals surface area contributed by atoms with Gasteiger partial charge in [0.2, 0.25) is 11.8 Å². The van der Waals surface area contributed by atoms with Crippen LogP contribution in [-0.4, -0.2) is 45.0 Å². The summed E-state index contributed by atoms with van der Waals surface area (Å²) in [5.74, 6) is -0.839. The Kier molecular flexibility index (Phi) is 8.86. The molecule has 1 aliphatic carbocycles. The van der Waals surface area contributed by atoms with Gasteiger partial charge in [-0.25, -0.2) is 9.48 Å². The predicted molar refractivity (Wildman–Crippen MR) is 143 cm³/mol. The smallest absolute Gasteiger partial charge is 0.337 e. The van der Waals surface area contributed by atoms with Gasteiger partial charge in [0.05, 0.1) is 18.9 Å². The first-order chi connectivity index (χ1) is 18.9. The summed E-state index contributed by atoms with van der Waals surface area (Å²) in [6.45, 7) is 0.106. The zero-order valence-corrected chi connectivity index (χ0v) is 21.2. The number of carbonyl (C=O) groups is 3. The number of aromatic nitrogens is 3. The van der Waals surface area contributed by atoms with Gasteiger partial charge < -0.3 is 25.2 Å². The average molecular weight is 530 g/mol. The molecule has 0 radical (unpaired) electrons. The summed E-state index contributed by atoms with van der Waals surface area (Å²) in [5.41, 5.74) is 2.37. The number of nitrogens with one attached hydrogen (secondary N) is 2. The summed E-state index contributed by atoms with van der Waals surface area (Å²) in [5, 5.41) is 22.7. The third-order valence-corrected chi connectivity index (χ3v) is 5.61. The number of ether oxygens (including phenoxy) is 2. The van der Waals surface area contributed by atoms with E-state index in [4.69, 9.17) is 9.47 Å². The van der Waals surface area contributed by atoms with Crippen LogP contribution in [0.2, 0.25) is 0 Å². The van der Waals surface area contributed by atoms with Crippen LogP contribution in [0.1, 0.15) is 24.1 Å². The van der Waals surface area contributed by atoms with Crippen molar-refractivity contribution >= 4 is 29.5 Å². The highest BCUT2D eigenvalue weighted by atomic mass is 16.5. The van der Waals surface area contributed by atoms with Crippen molar-refractivity contribution in [2.45, 2.75) is 26.0 Å². The Bertz CT molecular complexity index is 1440. The Morgan fingerprint density at radius 3 is 2.69 bits per heavy atom. The minimum absolute atomic E-state index is 0.00539. The number of rotatable bonds is 11. The van der Waals surface area contributed by atoms with Crippen molar-refractivity contribution < 1.29 is 29.0 Å². The van der Waals surface area contributed by atoms with Crippen molar-refractivity contribution in [3.8, 4) is 11.5 Å². The van der Waals surface area contributed by atoms with Crippen LogP contribution in [0, 0.1) is 0 Å². The zero-order valence-electron chi connectivity index (χ0n) is 21.2. The van der Waals surface area contributed by atoms with Gasteiger partial charge in [-0.1, -0.05) is 35.6 Å². The first-order valence-corrected chi connectivity index (χ1v) is 12.1. The van der Waals surface area contributed by atoms with Gasteiger partial charge in [-0.15, -0.1) is 5.10 Å². The summed E-state index contributed by atoms with van der Waals surface area (Å²) in [4.78, 5) is 35.9. The summed E-state index contributed by atoms with van der Waals surface area (Å²) in [6, 6.07) is 14.3. The fourth-order valence-corrected chi connectivity index (χ4v) is 3.77. The van der Waals surface area contributed by atoms with E-state index in [1.807, 2.05) is 18.2 Å². The third kappa shape index (κ3) is 7.65. The van der Waals surface area contributed by atoms with Crippen LogP contribution in [0.15, 0.2) is 84.2 Å². The molecule has 3 aromatic rings. The highest BCUT2D eigenvalue weighted by Gasteiger charge is 2.16. The molecule has 11 nitrogen and oxygen atoms in total. The summed E-state index contributed by atoms with van der Waals surface area (Å²) >= 11 is 0. The van der Waals surface area contributed by atoms with Gasteiger partial charge in [0.15, 0.2) is 11.5 Å². The van der Waals surface area contributed by atoms with Crippen LogP contribution in [0.5, 0.6) is 11.5 Å². The number of nitrogens with zero attached hydrogens (tertiary/aromatic N) is 3. The number of hydrogen-bond acceptors (Lipinski definition) is 7. The molecule has 0 saturated heterocycles. The molecule has 4 rings (SSSR count). The maximum atomic E-state index is 12.3. The van der Waals surface area contributed by atoms with E-state index in [9.17, 15) is 19.5 Å². The van der Waals surface area contributed by atoms with Gasteiger partial charge >= 0.3 is 5.97 Å². The number of anilines is 1. The fourth-order valence-electron chi connectivity index (χ4n) is 3.77. The van der Waals surface area contributed by atoms with E-state index in [0.717, 1.165) is 0 Å². The second kappa shape index (κ2) is 12.9. The molecule has 0 aliphatic heterocycles. The number of methoxy groups -OCH3 is 1. The quantitative estimate of drug-likeness (QED) is 0.321. The highest BCUT2D eigenvalue weighted by molar-refractivity contribution is 5.96. The molecule has 0 unspecified atom stereocenters. The van der Waals surface area contributed by atoms with Crippen LogP contribution in [-0.2, 0) is 27.5 Å². The standard InChI is InChI=1S/C28H27N5O6/c1-38-25-15-19(12-14-26(34)30-23-10-6-5-9-22(23)28(36)37)11-13-24(25)39-18-21-16-33(32-31-21)17-27(35)29-20-7-3-2-4-8-20/h2-5,7-9,11-16H,6,10,17-18H2,1H3,(H,29,35)(H,30,34)(H,36,37)/b14-12+. The van der Waals surface area contributed by atoms with Gasteiger partial charge in [-0.2, -0.15) is 0 Å². The number of aliphatic carboxylic acids is 1. The van der Waals surface area contributed by atoms with Crippen LogP contribution >= 0.6 is 0 Å². The SMILES string of the molecule is COc1cc(/C=C/C(=O)NC2=C(C(=O)O)C=CCC2)ccc1OCc1cn(CC(=O)Nc2ccccc2)nn1. The van der Waals surface area contributed by atoms with Crippen LogP contribution in [0.4, 0.5) is 5.69 Å². The first kappa shape index (κ1) is 26.9. The molecule has 1 heterocycles. The van der Waals surface area contributed by atoms with Crippen molar-refractivity contribution in [3.63, 3.8) is 0 Å². The highest BCUT2D eigenvalue weighted by Crippen LogP contribution is 2.29. The molecule has 11 heteroatoms. The lowest BCUT2D eigenvalue weighted by Crippen LogP contribution is -2.24. The molecule has 0 atom stereocenters. The lowest BCUT2D eigenvalue weighted by Gasteiger charge is -2.13. The fraction of sp³-hybridized carbons (Fsp3) is 0.179. The minimum Gasteiger partial charge on any atom is -0.493 e. The van der Waals surface area contributed by atoms with Crippen molar-refractivity contribution in [1.82, 2.24) is 20.3 Å². The maximum Gasteiger partial charge on any atom is 0.337 e. The van der Waals surface area contributed by atoms with Gasteiger partial charge in [0.25, 0.3) is 0 Å². The molecule has 0 bridgehead atoms. The van der Waals surface area contributed by atoms with Crippen molar-refractivity contribution in [2.24, 2.45) is 0 Å². The molecule has 1 aliphatic rings. The molecule has 3 N–H and O–H groups in total. The molecule has 2 amide bonds. The number of amides is 2. The molecule has 0 spiro atoms. The van der Waals surface area contributed by atoms with Crippen molar-refractivity contribution in [1.29, 1.82) is 0 Å². The van der Waals surface area contributed by atoms with Crippen LogP contribution < -0.4 is 20.1 Å². The van der Waals surface area contributed by atoms with E-state index < -0.39 is 11.9 Å². The van der Waals surface area contributed by atoms with Crippen molar-refractivity contribution in [2.75, 3.05) is 12.4 Å². The summed E-state index contributed by atoms with van der Waals surface area (Å²) in [7, 11) is 1.50. The first-order valence-electron chi connectivity index (χ1n) is 12.1. The number of benzene rings is 2. The largest absolute Gasteiger partial charge is 0.493 e. The Labute approximate surface area is 224 Å². The Balaban J connectivity index is 1.32. The Morgan fingerprint density at radius 1 is 1.10 bits per heavy atom. The topological polar surface area (TPSA) is 145 Å². The second-order valence-corrected chi connectivity index (χ2v) is 8.48. The lowest BCUT2D eigenvalue weighted by molar-refractivity contribution is -0.132. The van der Waals surface area contributed by atoms with Crippen LogP contribution in [0.25, 0.3) is 6.08 Å². The average Bonchev–Trinajstić information content (AvgIpc) is 3.38. The molecular weight excluding hydrogens is 502 g/mol. The minimum atomic E-state index is -1.08. The van der Waals surface area contributed by atoms with E-state index in [2.05, 4.69) is 20.9 Å². The second-order valence-electron chi connectivity index (χ2n) is 8.48. The molecule has 200 valence electrons. The molecule has 0 fully saturated rings. The number of para-hydroxylation sites is 1. The van der Waals surface area contributed by atoms with Gasteiger partial charge in [-0.05, 0) is 54.8 Å². The predicted octanol–water partition coefficient (Wildman–Crippen LogP) is 3.32. The van der Waals surface area contributed by atoms with E-state index in [1.165, 1.54) is 23.9 Å². The Hall–Kier alpha value is -5.19. The van der Waals surface area contributed by atoms with Crippen LogP contribution in [0.3, 0.4) is 0 Å². The molecule has 1 aromatic heterocycles. The zero-order chi connectivity index (χ0) is 27.6.